The van der Waals surface area contributed by atoms with Gasteiger partial charge in [-0.2, -0.15) is 0 Å². The topological polar surface area (TPSA) is 46.0 Å². The van der Waals surface area contributed by atoms with Crippen LogP contribution in [0, 0.1) is 6.07 Å². The minimum Gasteiger partial charge on any atom is -0.507 e. The molecule has 0 aliphatic heterocycles. The minimum absolute atomic E-state index is 0.147. The summed E-state index contributed by atoms with van der Waals surface area (Å²) in [7, 11) is 0. The third kappa shape index (κ3) is 1.49. The molecule has 3 heteroatoms. The zero-order chi connectivity index (χ0) is 9.10. The first kappa shape index (κ1) is 7.73. The molecular weight excluding hydrogens is 164 g/mol. The highest BCUT2D eigenvalue weighted by Gasteiger charge is 2.04. The van der Waals surface area contributed by atoms with Crippen molar-refractivity contribution in [1.82, 2.24) is 9.97 Å². The van der Waals surface area contributed by atoms with Crippen molar-refractivity contribution in [2.24, 2.45) is 0 Å². The van der Waals surface area contributed by atoms with Crippen LogP contribution >= 0.6 is 0 Å². The third-order valence-electron chi connectivity index (χ3n) is 1.62. The number of aromatic nitrogens is 2. The van der Waals surface area contributed by atoms with Crippen molar-refractivity contribution in [3.05, 3.63) is 42.7 Å². The zero-order valence-electron chi connectivity index (χ0n) is 6.81. The molecule has 0 aliphatic rings. The molecule has 1 heterocycles. The summed E-state index contributed by atoms with van der Waals surface area (Å²) < 4.78 is 0. The van der Waals surface area contributed by atoms with Crippen LogP contribution in [0.25, 0.3) is 11.4 Å². The molecule has 0 spiro atoms. The van der Waals surface area contributed by atoms with Crippen LogP contribution in [-0.2, 0) is 0 Å². The Morgan fingerprint density at radius 1 is 1.15 bits per heavy atom. The fraction of sp³-hybridized carbons (Fsp3) is 0. The molecule has 0 unspecified atom stereocenters. The largest absolute Gasteiger partial charge is 0.507 e. The van der Waals surface area contributed by atoms with Crippen LogP contribution in [0.2, 0.25) is 0 Å². The number of hydrogen-bond acceptors (Lipinski definition) is 3. The Morgan fingerprint density at radius 2 is 1.92 bits per heavy atom. The Labute approximate surface area is 75.7 Å². The van der Waals surface area contributed by atoms with E-state index in [-0.39, 0.29) is 5.75 Å². The Bertz CT molecular complexity index is 401. The van der Waals surface area contributed by atoms with Gasteiger partial charge in [-0.3, -0.25) is 0 Å². The van der Waals surface area contributed by atoms with Crippen LogP contribution in [0.5, 0.6) is 5.75 Å². The van der Waals surface area contributed by atoms with Gasteiger partial charge in [0.2, 0.25) is 0 Å². The SMILES string of the molecule is Oc1ccc[c]c1-c1ncccn1. The van der Waals surface area contributed by atoms with Gasteiger partial charge in [0.1, 0.15) is 5.75 Å². The first-order chi connectivity index (χ1) is 6.38. The van der Waals surface area contributed by atoms with Crippen molar-refractivity contribution in [1.29, 1.82) is 0 Å². The highest BCUT2D eigenvalue weighted by atomic mass is 16.3. The lowest BCUT2D eigenvalue weighted by Crippen LogP contribution is -1.86. The van der Waals surface area contributed by atoms with Crippen LogP contribution in [0.15, 0.2) is 36.7 Å². The monoisotopic (exact) mass is 171 g/mol. The average Bonchev–Trinajstić information content (AvgIpc) is 2.20. The van der Waals surface area contributed by atoms with Gasteiger partial charge < -0.3 is 5.11 Å². The van der Waals surface area contributed by atoms with Crippen LogP contribution in [0.4, 0.5) is 0 Å². The molecule has 1 aromatic heterocycles. The van der Waals surface area contributed by atoms with Gasteiger partial charge in [-0.15, -0.1) is 0 Å². The molecule has 63 valence electrons. The summed E-state index contributed by atoms with van der Waals surface area (Å²) in [6, 6.07) is 9.61. The van der Waals surface area contributed by atoms with E-state index in [0.717, 1.165) is 0 Å². The van der Waals surface area contributed by atoms with Crippen molar-refractivity contribution >= 4 is 0 Å². The second-order valence-electron chi connectivity index (χ2n) is 2.50. The molecule has 1 radical (unpaired) electrons. The summed E-state index contributed by atoms with van der Waals surface area (Å²) in [6.07, 6.45) is 3.26. The van der Waals surface area contributed by atoms with Crippen molar-refractivity contribution in [3.8, 4) is 17.1 Å². The summed E-state index contributed by atoms with van der Waals surface area (Å²) in [4.78, 5) is 8.01. The standard InChI is InChI=1S/C10H7N2O/c13-9-5-2-1-4-8(9)10-11-6-3-7-12-10/h1-3,5-7,13H. The summed E-state index contributed by atoms with van der Waals surface area (Å²) >= 11 is 0. The van der Waals surface area contributed by atoms with Crippen LogP contribution in [-0.4, -0.2) is 15.1 Å². The summed E-state index contributed by atoms with van der Waals surface area (Å²) in [5.74, 6) is 0.634. The highest BCUT2D eigenvalue weighted by Crippen LogP contribution is 2.23. The van der Waals surface area contributed by atoms with Gasteiger partial charge in [0, 0.05) is 12.4 Å². The van der Waals surface area contributed by atoms with E-state index in [1.54, 1.807) is 36.7 Å². The maximum atomic E-state index is 9.45. The maximum absolute atomic E-state index is 9.45. The van der Waals surface area contributed by atoms with Crippen LogP contribution in [0.1, 0.15) is 0 Å². The Balaban J connectivity index is 2.54. The third-order valence-corrected chi connectivity index (χ3v) is 1.62. The fourth-order valence-electron chi connectivity index (χ4n) is 1.04. The Kier molecular flexibility index (Phi) is 1.92. The number of rotatable bonds is 1. The van der Waals surface area contributed by atoms with E-state index in [4.69, 9.17) is 0 Å². The summed E-state index contributed by atoms with van der Waals surface area (Å²) in [5, 5.41) is 9.45. The van der Waals surface area contributed by atoms with E-state index in [9.17, 15) is 5.11 Å². The molecule has 0 bridgehead atoms. The van der Waals surface area contributed by atoms with Crippen LogP contribution in [0.3, 0.4) is 0 Å². The molecule has 0 atom stereocenters. The van der Waals surface area contributed by atoms with E-state index in [1.807, 2.05) is 0 Å². The van der Waals surface area contributed by atoms with E-state index in [0.29, 0.717) is 11.4 Å². The minimum atomic E-state index is 0.147. The number of hydrogen-bond donors (Lipinski definition) is 1. The predicted molar refractivity (Wildman–Crippen MR) is 48.0 cm³/mol. The molecule has 0 saturated carbocycles. The number of nitrogens with zero attached hydrogens (tertiary/aromatic N) is 2. The van der Waals surface area contributed by atoms with E-state index in [1.165, 1.54) is 0 Å². The van der Waals surface area contributed by atoms with Crippen molar-refractivity contribution in [3.63, 3.8) is 0 Å². The molecule has 2 aromatic rings. The average molecular weight is 171 g/mol. The van der Waals surface area contributed by atoms with Gasteiger partial charge >= 0.3 is 0 Å². The summed E-state index contributed by atoms with van der Waals surface area (Å²) in [6.45, 7) is 0. The lowest BCUT2D eigenvalue weighted by molar-refractivity contribution is 0.477. The fourth-order valence-corrected chi connectivity index (χ4v) is 1.04. The molecule has 0 amide bonds. The van der Waals surface area contributed by atoms with E-state index >= 15 is 0 Å². The van der Waals surface area contributed by atoms with Gasteiger partial charge in [-0.05, 0) is 18.2 Å². The van der Waals surface area contributed by atoms with Gasteiger partial charge in [-0.1, -0.05) is 12.1 Å². The van der Waals surface area contributed by atoms with Crippen molar-refractivity contribution in [2.75, 3.05) is 0 Å². The van der Waals surface area contributed by atoms with Crippen LogP contribution < -0.4 is 0 Å². The lowest BCUT2D eigenvalue weighted by atomic mass is 10.2. The maximum Gasteiger partial charge on any atom is 0.163 e. The van der Waals surface area contributed by atoms with E-state index < -0.39 is 0 Å². The molecule has 2 rings (SSSR count). The quantitative estimate of drug-likeness (QED) is 0.709. The molecule has 1 N–H and O–H groups in total. The molecule has 0 saturated heterocycles. The van der Waals surface area contributed by atoms with Crippen molar-refractivity contribution in [2.45, 2.75) is 0 Å². The van der Waals surface area contributed by atoms with Crippen molar-refractivity contribution < 1.29 is 5.11 Å². The Hall–Kier alpha value is -1.90. The Morgan fingerprint density at radius 3 is 2.62 bits per heavy atom. The van der Waals surface area contributed by atoms with Gasteiger partial charge in [0.05, 0.1) is 5.56 Å². The first-order valence-corrected chi connectivity index (χ1v) is 3.85. The van der Waals surface area contributed by atoms with Gasteiger partial charge in [-0.25, -0.2) is 9.97 Å². The number of phenols is 1. The molecule has 0 fully saturated rings. The normalized spacial score (nSPS) is 9.85. The molecule has 13 heavy (non-hydrogen) atoms. The smallest absolute Gasteiger partial charge is 0.163 e. The van der Waals surface area contributed by atoms with E-state index in [2.05, 4.69) is 16.0 Å². The predicted octanol–water partition coefficient (Wildman–Crippen LogP) is 1.65. The molecule has 3 nitrogen and oxygen atoms in total. The number of benzene rings is 1. The summed E-state index contributed by atoms with van der Waals surface area (Å²) in [5.41, 5.74) is 0.531. The first-order valence-electron chi connectivity index (χ1n) is 3.85. The zero-order valence-corrected chi connectivity index (χ0v) is 6.81. The second-order valence-corrected chi connectivity index (χ2v) is 2.50. The second kappa shape index (κ2) is 3.23. The number of aromatic hydroxyl groups is 1. The van der Waals surface area contributed by atoms with Gasteiger partial charge in [0.25, 0.3) is 0 Å². The molecular formula is C10H7N2O. The highest BCUT2D eigenvalue weighted by molar-refractivity contribution is 5.61. The molecule has 1 aromatic carbocycles. The number of phenolic OH excluding ortho intramolecular Hbond substituents is 1. The lowest BCUT2D eigenvalue weighted by Gasteiger charge is -2.00. The van der Waals surface area contributed by atoms with Gasteiger partial charge in [0.15, 0.2) is 5.82 Å². The molecule has 0 aliphatic carbocycles.